The Hall–Kier alpha value is -1.50. The number of oxime groups is 1. The molecule has 7 heteroatoms. The highest BCUT2D eigenvalue weighted by Gasteiger charge is 2.26. The Balaban J connectivity index is 2.55. The Morgan fingerprint density at radius 1 is 1.38 bits per heavy atom. The van der Waals surface area contributed by atoms with E-state index in [2.05, 4.69) is 10.1 Å². The number of amides is 2. The molecule has 1 rings (SSSR count). The summed E-state index contributed by atoms with van der Waals surface area (Å²) in [5, 5.41) is 11.7. The zero-order chi connectivity index (χ0) is 12.1. The first-order chi connectivity index (χ1) is 7.60. The molecule has 1 heterocycles. The fraction of sp³-hybridized carbons (Fsp3) is 0.778. The van der Waals surface area contributed by atoms with Crippen LogP contribution in [0.2, 0.25) is 0 Å². The third kappa shape index (κ3) is 2.75. The van der Waals surface area contributed by atoms with Gasteiger partial charge < -0.3 is 21.6 Å². The second-order valence-corrected chi connectivity index (χ2v) is 3.81. The third-order valence-corrected chi connectivity index (χ3v) is 2.91. The Morgan fingerprint density at radius 3 is 2.31 bits per heavy atom. The molecule has 5 N–H and O–H groups in total. The summed E-state index contributed by atoms with van der Waals surface area (Å²) in [6, 6.07) is -0.462. The maximum Gasteiger partial charge on any atom is 0.314 e. The van der Waals surface area contributed by atoms with Gasteiger partial charge in [-0.25, -0.2) is 4.79 Å². The highest BCUT2D eigenvalue weighted by molar-refractivity contribution is 5.85. The maximum absolute atomic E-state index is 10.9. The van der Waals surface area contributed by atoms with Gasteiger partial charge in [0.1, 0.15) is 0 Å². The van der Waals surface area contributed by atoms with Crippen LogP contribution in [-0.2, 0) is 0 Å². The van der Waals surface area contributed by atoms with Crippen LogP contribution in [0.1, 0.15) is 13.3 Å². The van der Waals surface area contributed by atoms with Crippen molar-refractivity contribution in [2.45, 2.75) is 19.4 Å². The first kappa shape index (κ1) is 12.6. The molecule has 0 aromatic heterocycles. The van der Waals surface area contributed by atoms with E-state index in [1.54, 1.807) is 4.90 Å². The molecule has 1 saturated heterocycles. The van der Waals surface area contributed by atoms with E-state index in [1.807, 2.05) is 6.92 Å². The summed E-state index contributed by atoms with van der Waals surface area (Å²) < 4.78 is 0. The summed E-state index contributed by atoms with van der Waals surface area (Å²) in [6.45, 7) is 4.54. The van der Waals surface area contributed by atoms with E-state index in [1.165, 1.54) is 0 Å². The predicted molar refractivity (Wildman–Crippen MR) is 60.2 cm³/mol. The highest BCUT2D eigenvalue weighted by atomic mass is 16.4. The van der Waals surface area contributed by atoms with E-state index >= 15 is 0 Å². The SMILES string of the molecule is CCC(C(N)=NO)N1CCN(C(N)=O)CC1. The van der Waals surface area contributed by atoms with Gasteiger partial charge in [-0.3, -0.25) is 4.90 Å². The van der Waals surface area contributed by atoms with Gasteiger partial charge in [-0.2, -0.15) is 0 Å². The highest BCUT2D eigenvalue weighted by Crippen LogP contribution is 2.09. The molecule has 1 aliphatic rings. The Morgan fingerprint density at radius 2 is 1.94 bits per heavy atom. The van der Waals surface area contributed by atoms with Crippen molar-refractivity contribution in [2.24, 2.45) is 16.6 Å². The number of rotatable bonds is 3. The van der Waals surface area contributed by atoms with Gasteiger partial charge in [0.25, 0.3) is 0 Å². The minimum Gasteiger partial charge on any atom is -0.409 e. The van der Waals surface area contributed by atoms with Gasteiger partial charge in [-0.15, -0.1) is 0 Å². The normalized spacial score (nSPS) is 20.8. The summed E-state index contributed by atoms with van der Waals surface area (Å²) in [4.78, 5) is 14.6. The molecule has 1 aliphatic heterocycles. The molecular formula is C9H19N5O2. The van der Waals surface area contributed by atoms with E-state index in [9.17, 15) is 4.79 Å². The van der Waals surface area contributed by atoms with Crippen molar-refractivity contribution in [3.63, 3.8) is 0 Å². The lowest BCUT2D eigenvalue weighted by atomic mass is 10.1. The van der Waals surface area contributed by atoms with Crippen LogP contribution < -0.4 is 11.5 Å². The molecule has 92 valence electrons. The zero-order valence-corrected chi connectivity index (χ0v) is 9.46. The van der Waals surface area contributed by atoms with Gasteiger partial charge in [0.15, 0.2) is 5.84 Å². The molecule has 2 amide bonds. The van der Waals surface area contributed by atoms with E-state index in [0.29, 0.717) is 26.2 Å². The molecule has 0 spiro atoms. The lowest BCUT2D eigenvalue weighted by molar-refractivity contribution is 0.129. The van der Waals surface area contributed by atoms with Gasteiger partial charge in [0, 0.05) is 26.2 Å². The summed E-state index contributed by atoms with van der Waals surface area (Å²) in [7, 11) is 0. The summed E-state index contributed by atoms with van der Waals surface area (Å²) in [5.41, 5.74) is 10.8. The summed E-state index contributed by atoms with van der Waals surface area (Å²) >= 11 is 0. The molecule has 0 bridgehead atoms. The molecule has 0 aromatic rings. The van der Waals surface area contributed by atoms with E-state index in [-0.39, 0.29) is 11.9 Å². The van der Waals surface area contributed by atoms with Crippen LogP contribution in [0.25, 0.3) is 0 Å². The van der Waals surface area contributed by atoms with Crippen LogP contribution in [0.3, 0.4) is 0 Å². The van der Waals surface area contributed by atoms with Gasteiger partial charge in [0.05, 0.1) is 6.04 Å². The van der Waals surface area contributed by atoms with Crippen molar-refractivity contribution < 1.29 is 10.0 Å². The monoisotopic (exact) mass is 229 g/mol. The molecule has 16 heavy (non-hydrogen) atoms. The number of carbonyl (C=O) groups excluding carboxylic acids is 1. The average Bonchev–Trinajstić information content (AvgIpc) is 2.30. The number of urea groups is 1. The van der Waals surface area contributed by atoms with Gasteiger partial charge in [0.2, 0.25) is 0 Å². The zero-order valence-electron chi connectivity index (χ0n) is 9.46. The largest absolute Gasteiger partial charge is 0.409 e. The van der Waals surface area contributed by atoms with Crippen molar-refractivity contribution in [1.82, 2.24) is 9.80 Å². The smallest absolute Gasteiger partial charge is 0.314 e. The number of primary amides is 1. The fourth-order valence-corrected chi connectivity index (χ4v) is 1.98. The topological polar surface area (TPSA) is 108 Å². The van der Waals surface area contributed by atoms with Crippen LogP contribution in [0, 0.1) is 0 Å². The lowest BCUT2D eigenvalue weighted by Crippen LogP contribution is -2.56. The first-order valence-electron chi connectivity index (χ1n) is 5.36. The van der Waals surface area contributed by atoms with Gasteiger partial charge in [-0.1, -0.05) is 12.1 Å². The first-order valence-corrected chi connectivity index (χ1v) is 5.36. The second kappa shape index (κ2) is 5.55. The molecular weight excluding hydrogens is 210 g/mol. The predicted octanol–water partition coefficient (Wildman–Crippen LogP) is -0.792. The number of amidine groups is 1. The minimum atomic E-state index is -0.392. The van der Waals surface area contributed by atoms with Crippen LogP contribution in [0.5, 0.6) is 0 Å². The van der Waals surface area contributed by atoms with Gasteiger partial charge in [-0.05, 0) is 6.42 Å². The van der Waals surface area contributed by atoms with Gasteiger partial charge >= 0.3 is 6.03 Å². The van der Waals surface area contributed by atoms with Crippen LogP contribution in [0.15, 0.2) is 5.16 Å². The molecule has 0 saturated carbocycles. The summed E-state index contributed by atoms with van der Waals surface area (Å²) in [6.07, 6.45) is 0.770. The van der Waals surface area contributed by atoms with Crippen LogP contribution >= 0.6 is 0 Å². The standard InChI is InChI=1S/C9H19N5O2/c1-2-7(8(10)12-16)13-3-5-14(6-4-13)9(11)15/h7,16H,2-6H2,1H3,(H2,10,12)(H2,11,15). The maximum atomic E-state index is 10.9. The molecule has 0 aliphatic carbocycles. The van der Waals surface area contributed by atoms with Crippen molar-refractivity contribution >= 4 is 11.9 Å². The molecule has 7 nitrogen and oxygen atoms in total. The molecule has 0 radical (unpaired) electrons. The fourth-order valence-electron chi connectivity index (χ4n) is 1.98. The van der Waals surface area contributed by atoms with Crippen LogP contribution in [-0.4, -0.2) is 59.1 Å². The molecule has 1 atom stereocenters. The average molecular weight is 229 g/mol. The van der Waals surface area contributed by atoms with Crippen LogP contribution in [0.4, 0.5) is 4.79 Å². The Bertz CT molecular complexity index is 273. The minimum absolute atomic E-state index is 0.0694. The van der Waals surface area contributed by atoms with E-state index in [0.717, 1.165) is 6.42 Å². The number of nitrogens with zero attached hydrogens (tertiary/aromatic N) is 3. The number of hydrogen-bond acceptors (Lipinski definition) is 4. The molecule has 0 aromatic carbocycles. The van der Waals surface area contributed by atoms with E-state index in [4.69, 9.17) is 16.7 Å². The molecule has 1 unspecified atom stereocenters. The number of hydrogen-bond donors (Lipinski definition) is 3. The number of carbonyl (C=O) groups is 1. The van der Waals surface area contributed by atoms with Crippen molar-refractivity contribution in [1.29, 1.82) is 0 Å². The Labute approximate surface area is 94.7 Å². The lowest BCUT2D eigenvalue weighted by Gasteiger charge is -2.37. The van der Waals surface area contributed by atoms with Crippen molar-refractivity contribution in [3.05, 3.63) is 0 Å². The van der Waals surface area contributed by atoms with Crippen molar-refractivity contribution in [3.8, 4) is 0 Å². The van der Waals surface area contributed by atoms with Crippen molar-refractivity contribution in [2.75, 3.05) is 26.2 Å². The molecule has 1 fully saturated rings. The summed E-state index contributed by atoms with van der Waals surface area (Å²) in [5.74, 6) is 0.218. The van der Waals surface area contributed by atoms with E-state index < -0.39 is 6.03 Å². The number of nitrogens with two attached hydrogens (primary N) is 2. The second-order valence-electron chi connectivity index (χ2n) is 3.81. The number of piperazine rings is 1. The third-order valence-electron chi connectivity index (χ3n) is 2.91. The quantitative estimate of drug-likeness (QED) is 0.255. The Kier molecular flexibility index (Phi) is 4.36.